The van der Waals surface area contributed by atoms with Crippen LogP contribution in [0.25, 0.3) is 5.57 Å². The Hall–Kier alpha value is -2.89. The van der Waals surface area contributed by atoms with Gasteiger partial charge < -0.3 is 15.2 Å². The Bertz CT molecular complexity index is 589. The van der Waals surface area contributed by atoms with Gasteiger partial charge in [-0.15, -0.1) is 0 Å². The molecule has 0 fully saturated rings. The molecule has 6 nitrogen and oxygen atoms in total. The molecule has 20 heavy (non-hydrogen) atoms. The van der Waals surface area contributed by atoms with E-state index >= 15 is 0 Å². The van der Waals surface area contributed by atoms with Crippen LogP contribution in [0.5, 0.6) is 0 Å². The van der Waals surface area contributed by atoms with E-state index < -0.39 is 11.9 Å². The van der Waals surface area contributed by atoms with Crippen molar-refractivity contribution in [2.24, 2.45) is 0 Å². The molecule has 2 rings (SSSR count). The van der Waals surface area contributed by atoms with E-state index in [0.717, 1.165) is 0 Å². The molecule has 1 heterocycles. The zero-order chi connectivity index (χ0) is 15.0. The largest absolute Gasteiger partial charge is 0.478 e. The van der Waals surface area contributed by atoms with E-state index in [1.54, 1.807) is 0 Å². The number of H-pyrrole nitrogens is 1. The number of aliphatic carboxylic acids is 2. The molecule has 0 saturated carbocycles. The molecule has 0 spiro atoms. The highest BCUT2D eigenvalue weighted by Gasteiger charge is 2.13. The van der Waals surface area contributed by atoms with Crippen LogP contribution in [0.15, 0.2) is 48.8 Å². The lowest BCUT2D eigenvalue weighted by molar-refractivity contribution is -0.133. The Kier molecular flexibility index (Phi) is 5.71. The lowest BCUT2D eigenvalue weighted by Crippen LogP contribution is -2.04. The summed E-state index contributed by atoms with van der Waals surface area (Å²) >= 11 is 0. The van der Waals surface area contributed by atoms with E-state index in [4.69, 9.17) is 10.2 Å². The first-order chi connectivity index (χ1) is 9.50. The first kappa shape index (κ1) is 15.2. The van der Waals surface area contributed by atoms with Gasteiger partial charge in [-0.3, -0.25) is 0 Å². The molecule has 0 radical (unpaired) electrons. The number of aromatic nitrogens is 2. The summed E-state index contributed by atoms with van der Waals surface area (Å²) in [6, 6.07) is 10.3. The van der Waals surface area contributed by atoms with Gasteiger partial charge in [-0.1, -0.05) is 35.9 Å². The van der Waals surface area contributed by atoms with E-state index in [-0.39, 0.29) is 11.4 Å². The maximum absolute atomic E-state index is 10.5. The third-order valence-electron chi connectivity index (χ3n) is 2.19. The van der Waals surface area contributed by atoms with Gasteiger partial charge in [0, 0.05) is 18.5 Å². The zero-order valence-corrected chi connectivity index (χ0v) is 10.8. The quantitative estimate of drug-likeness (QED) is 0.742. The Morgan fingerprint density at radius 2 is 1.85 bits per heavy atom. The van der Waals surface area contributed by atoms with E-state index in [9.17, 15) is 9.59 Å². The number of carboxylic acids is 2. The van der Waals surface area contributed by atoms with Gasteiger partial charge in [0.05, 0.1) is 0 Å². The summed E-state index contributed by atoms with van der Waals surface area (Å²) in [4.78, 5) is 26.9. The van der Waals surface area contributed by atoms with Crippen LogP contribution in [0.1, 0.15) is 11.4 Å². The number of benzene rings is 1. The number of rotatable bonds is 3. The fourth-order valence-corrected chi connectivity index (χ4v) is 1.30. The number of aryl methyl sites for hydroxylation is 1. The third kappa shape index (κ3) is 5.18. The molecule has 3 N–H and O–H groups in total. The monoisotopic (exact) mass is 274 g/mol. The van der Waals surface area contributed by atoms with Crippen LogP contribution >= 0.6 is 0 Å². The number of hydrogen-bond donors (Lipinski definition) is 3. The topological polar surface area (TPSA) is 103 Å². The Balaban J connectivity index is 0.000000240. The van der Waals surface area contributed by atoms with Crippen LogP contribution < -0.4 is 0 Å². The summed E-state index contributed by atoms with van der Waals surface area (Å²) in [7, 11) is 0. The normalized spacial score (nSPS) is 10.3. The van der Waals surface area contributed by atoms with Crippen molar-refractivity contribution in [2.45, 2.75) is 6.92 Å². The fourth-order valence-electron chi connectivity index (χ4n) is 1.30. The highest BCUT2D eigenvalue weighted by atomic mass is 16.4. The molecule has 0 amide bonds. The van der Waals surface area contributed by atoms with Gasteiger partial charge in [0.2, 0.25) is 0 Å². The molecule has 0 saturated heterocycles. The molecule has 1 aromatic heterocycles. The number of carboxylic acid groups (broad SMARTS) is 2. The minimum absolute atomic E-state index is 0.0231. The summed E-state index contributed by atoms with van der Waals surface area (Å²) in [6.07, 6.45) is 3.34. The third-order valence-corrected chi connectivity index (χ3v) is 2.19. The molecule has 2 aromatic rings. The van der Waals surface area contributed by atoms with Gasteiger partial charge in [-0.05, 0) is 6.92 Å². The summed E-state index contributed by atoms with van der Waals surface area (Å²) in [5.41, 5.74) is 0.944. The van der Waals surface area contributed by atoms with Crippen LogP contribution in [0.4, 0.5) is 0 Å². The SMILES string of the molecule is Cc1ccccc1.O=C(O)/C=C(\C(=O)O)c1ncc[nH]1. The lowest BCUT2D eigenvalue weighted by atomic mass is 10.2. The Morgan fingerprint density at radius 1 is 1.20 bits per heavy atom. The average Bonchev–Trinajstić information content (AvgIpc) is 2.90. The van der Waals surface area contributed by atoms with Crippen molar-refractivity contribution in [1.82, 2.24) is 9.97 Å². The van der Waals surface area contributed by atoms with Crippen LogP contribution in [-0.4, -0.2) is 32.1 Å². The van der Waals surface area contributed by atoms with Gasteiger partial charge in [0.25, 0.3) is 0 Å². The number of aromatic amines is 1. The van der Waals surface area contributed by atoms with Crippen LogP contribution in [-0.2, 0) is 9.59 Å². The summed E-state index contributed by atoms with van der Waals surface area (Å²) in [5.74, 6) is -2.64. The predicted octanol–water partition coefficient (Wildman–Crippen LogP) is 1.96. The molecule has 0 aliphatic heterocycles. The van der Waals surface area contributed by atoms with Crippen LogP contribution in [0.3, 0.4) is 0 Å². The molecule has 0 atom stereocenters. The summed E-state index contributed by atoms with van der Waals surface area (Å²) in [6.45, 7) is 2.08. The zero-order valence-electron chi connectivity index (χ0n) is 10.8. The molecule has 0 unspecified atom stereocenters. The molecular weight excluding hydrogens is 260 g/mol. The van der Waals surface area contributed by atoms with Crippen molar-refractivity contribution in [3.05, 3.63) is 60.2 Å². The van der Waals surface area contributed by atoms with E-state index in [1.807, 2.05) is 18.2 Å². The highest BCUT2D eigenvalue weighted by Crippen LogP contribution is 2.08. The van der Waals surface area contributed by atoms with Gasteiger partial charge in [-0.2, -0.15) is 0 Å². The molecule has 0 bridgehead atoms. The Morgan fingerprint density at radius 3 is 2.20 bits per heavy atom. The second-order valence-electron chi connectivity index (χ2n) is 3.79. The molecule has 1 aromatic carbocycles. The van der Waals surface area contributed by atoms with Crippen molar-refractivity contribution in [3.63, 3.8) is 0 Å². The van der Waals surface area contributed by atoms with Crippen molar-refractivity contribution in [3.8, 4) is 0 Å². The summed E-state index contributed by atoms with van der Waals surface area (Å²) < 4.78 is 0. The van der Waals surface area contributed by atoms with Crippen molar-refractivity contribution in [1.29, 1.82) is 0 Å². The standard InChI is InChI=1S/C7H6N2O4.C7H8/c10-5(11)3-4(7(12)13)6-8-1-2-9-6;1-7-5-3-2-4-6-7/h1-3H,(H,8,9)(H,10,11)(H,12,13);2-6H,1H3/b4-3-;. The minimum atomic E-state index is -1.34. The van der Waals surface area contributed by atoms with E-state index in [1.165, 1.54) is 18.0 Å². The van der Waals surface area contributed by atoms with Crippen molar-refractivity contribution in [2.75, 3.05) is 0 Å². The number of imidazole rings is 1. The number of nitrogens with zero attached hydrogens (tertiary/aromatic N) is 1. The first-order valence-corrected chi connectivity index (χ1v) is 5.70. The van der Waals surface area contributed by atoms with Gasteiger partial charge >= 0.3 is 11.9 Å². The second kappa shape index (κ2) is 7.52. The van der Waals surface area contributed by atoms with Crippen LogP contribution in [0, 0.1) is 6.92 Å². The van der Waals surface area contributed by atoms with Crippen molar-refractivity contribution >= 4 is 17.5 Å². The van der Waals surface area contributed by atoms with E-state index in [2.05, 4.69) is 29.0 Å². The number of nitrogens with one attached hydrogen (secondary N) is 1. The molecule has 0 aliphatic rings. The van der Waals surface area contributed by atoms with Crippen LogP contribution in [0.2, 0.25) is 0 Å². The second-order valence-corrected chi connectivity index (χ2v) is 3.79. The number of hydrogen-bond acceptors (Lipinski definition) is 3. The maximum atomic E-state index is 10.5. The summed E-state index contributed by atoms with van der Waals surface area (Å²) in [5, 5.41) is 17.0. The minimum Gasteiger partial charge on any atom is -0.478 e. The van der Waals surface area contributed by atoms with Crippen molar-refractivity contribution < 1.29 is 19.8 Å². The van der Waals surface area contributed by atoms with Gasteiger partial charge in [0.15, 0.2) is 0 Å². The average molecular weight is 274 g/mol. The molecular formula is C14H14N2O4. The van der Waals surface area contributed by atoms with E-state index in [0.29, 0.717) is 6.08 Å². The van der Waals surface area contributed by atoms with Gasteiger partial charge in [0.1, 0.15) is 11.4 Å². The Labute approximate surface area is 115 Å². The number of carbonyl (C=O) groups is 2. The smallest absolute Gasteiger partial charge is 0.339 e. The molecule has 0 aliphatic carbocycles. The van der Waals surface area contributed by atoms with Gasteiger partial charge in [-0.25, -0.2) is 14.6 Å². The molecule has 6 heteroatoms. The highest BCUT2D eigenvalue weighted by molar-refractivity contribution is 6.18. The lowest BCUT2D eigenvalue weighted by Gasteiger charge is -1.94. The maximum Gasteiger partial charge on any atom is 0.339 e. The fraction of sp³-hybridized carbons (Fsp3) is 0.0714. The predicted molar refractivity (Wildman–Crippen MR) is 73.0 cm³/mol. The molecule has 104 valence electrons. The first-order valence-electron chi connectivity index (χ1n) is 5.70.